The molecule has 0 radical (unpaired) electrons. The minimum atomic E-state index is -0.419. The van der Waals surface area contributed by atoms with Gasteiger partial charge in [-0.3, -0.25) is 4.79 Å². The topological polar surface area (TPSA) is 44.8 Å². The van der Waals surface area contributed by atoms with Crippen LogP contribution < -0.4 is 0 Å². The highest BCUT2D eigenvalue weighted by atomic mass is 16.8. The molecule has 2 saturated carbocycles. The van der Waals surface area contributed by atoms with E-state index in [1.54, 1.807) is 0 Å². The van der Waals surface area contributed by atoms with Crippen LogP contribution in [-0.2, 0) is 19.0 Å². The molecule has 3 fully saturated rings. The third kappa shape index (κ3) is 3.74. The summed E-state index contributed by atoms with van der Waals surface area (Å²) in [5, 5.41) is 0. The second kappa shape index (κ2) is 6.72. The molecule has 2 aliphatic carbocycles. The van der Waals surface area contributed by atoms with Crippen molar-refractivity contribution in [3.05, 3.63) is 0 Å². The summed E-state index contributed by atoms with van der Waals surface area (Å²) in [5.41, 5.74) is -0.419. The number of hydrogen-bond acceptors (Lipinski definition) is 4. The average molecular weight is 324 g/mol. The second-order valence-corrected chi connectivity index (χ2v) is 8.34. The molecule has 1 saturated heterocycles. The maximum absolute atomic E-state index is 12.1. The third-order valence-electron chi connectivity index (χ3n) is 6.29. The summed E-state index contributed by atoms with van der Waals surface area (Å²) in [6.07, 6.45) is 9.37. The summed E-state index contributed by atoms with van der Waals surface area (Å²) in [4.78, 5) is 12.1. The van der Waals surface area contributed by atoms with E-state index in [9.17, 15) is 4.79 Å². The number of fused-ring (bicyclic) bond motifs is 1. The fourth-order valence-electron chi connectivity index (χ4n) is 4.29. The first-order valence-corrected chi connectivity index (χ1v) is 9.43. The van der Waals surface area contributed by atoms with Crippen molar-refractivity contribution in [2.45, 2.75) is 84.0 Å². The first-order chi connectivity index (χ1) is 10.9. The van der Waals surface area contributed by atoms with E-state index in [0.29, 0.717) is 13.2 Å². The van der Waals surface area contributed by atoms with E-state index in [2.05, 4.69) is 0 Å². The number of hydrogen-bond donors (Lipinski definition) is 0. The minimum Gasteiger partial charge on any atom is -0.462 e. The lowest BCUT2D eigenvalue weighted by atomic mass is 9.69. The van der Waals surface area contributed by atoms with Gasteiger partial charge in [-0.05, 0) is 44.9 Å². The van der Waals surface area contributed by atoms with Gasteiger partial charge in [0.2, 0.25) is 0 Å². The Morgan fingerprint density at radius 3 is 2.70 bits per heavy atom. The summed E-state index contributed by atoms with van der Waals surface area (Å²) in [6, 6.07) is 0. The number of carbonyl (C=O) groups excluding carboxylic acids is 1. The van der Waals surface area contributed by atoms with E-state index in [0.717, 1.165) is 31.1 Å². The van der Waals surface area contributed by atoms with E-state index in [4.69, 9.17) is 14.2 Å². The molecule has 1 heterocycles. The molecule has 0 N–H and O–H groups in total. The van der Waals surface area contributed by atoms with Crippen molar-refractivity contribution in [2.24, 2.45) is 17.3 Å². The van der Waals surface area contributed by atoms with Gasteiger partial charge in [-0.25, -0.2) is 0 Å². The van der Waals surface area contributed by atoms with Gasteiger partial charge in [-0.1, -0.05) is 26.2 Å². The molecule has 0 aromatic rings. The summed E-state index contributed by atoms with van der Waals surface area (Å²) >= 11 is 0. The predicted molar refractivity (Wildman–Crippen MR) is 87.9 cm³/mol. The summed E-state index contributed by atoms with van der Waals surface area (Å²) in [5.74, 6) is 1.11. The van der Waals surface area contributed by atoms with Gasteiger partial charge < -0.3 is 14.2 Å². The molecule has 4 atom stereocenters. The van der Waals surface area contributed by atoms with Crippen LogP contribution in [0.3, 0.4) is 0 Å². The maximum Gasteiger partial charge on any atom is 0.311 e. The fraction of sp³-hybridized carbons (Fsp3) is 0.947. The molecule has 3 rings (SSSR count). The largest absolute Gasteiger partial charge is 0.462 e. The lowest BCUT2D eigenvalue weighted by Gasteiger charge is -2.43. The fourth-order valence-corrected chi connectivity index (χ4v) is 4.29. The van der Waals surface area contributed by atoms with Crippen LogP contribution >= 0.6 is 0 Å². The number of carbonyl (C=O) groups is 1. The molecule has 0 aromatic carbocycles. The first-order valence-electron chi connectivity index (χ1n) is 9.43. The van der Waals surface area contributed by atoms with Gasteiger partial charge in [0.1, 0.15) is 12.7 Å². The van der Waals surface area contributed by atoms with E-state index in [1.807, 2.05) is 20.8 Å². The molecule has 3 aliphatic rings. The standard InChI is InChI=1S/C19H32O4/c1-4-18(2,3)17(20)21-12-16-13-22-19(23-16)10-9-14-7-5-6-8-15(14)11-19/h14-16H,4-13H2,1-3H3. The highest BCUT2D eigenvalue weighted by molar-refractivity contribution is 5.75. The average Bonchev–Trinajstić information content (AvgIpc) is 2.95. The van der Waals surface area contributed by atoms with Crippen molar-refractivity contribution in [3.8, 4) is 0 Å². The quantitative estimate of drug-likeness (QED) is 0.731. The summed E-state index contributed by atoms with van der Waals surface area (Å²) in [6.45, 7) is 6.73. The predicted octanol–water partition coefficient (Wildman–Crippen LogP) is 4.07. The molecule has 1 spiro atoms. The molecular formula is C19H32O4. The molecular weight excluding hydrogens is 292 g/mol. The van der Waals surface area contributed by atoms with Gasteiger partial charge in [-0.2, -0.15) is 0 Å². The van der Waals surface area contributed by atoms with Crippen molar-refractivity contribution in [1.82, 2.24) is 0 Å². The van der Waals surface area contributed by atoms with Crippen LogP contribution in [0, 0.1) is 17.3 Å². The van der Waals surface area contributed by atoms with Crippen LogP contribution in [0.25, 0.3) is 0 Å². The first kappa shape index (κ1) is 17.2. The Balaban J connectivity index is 1.49. The van der Waals surface area contributed by atoms with Crippen molar-refractivity contribution < 1.29 is 19.0 Å². The number of rotatable bonds is 4. The van der Waals surface area contributed by atoms with Crippen molar-refractivity contribution in [1.29, 1.82) is 0 Å². The van der Waals surface area contributed by atoms with Crippen LogP contribution in [0.5, 0.6) is 0 Å². The molecule has 4 nitrogen and oxygen atoms in total. The zero-order valence-electron chi connectivity index (χ0n) is 14.9. The molecule has 4 unspecified atom stereocenters. The molecule has 0 bridgehead atoms. The van der Waals surface area contributed by atoms with Crippen molar-refractivity contribution in [2.75, 3.05) is 13.2 Å². The van der Waals surface area contributed by atoms with Crippen LogP contribution in [0.2, 0.25) is 0 Å². The molecule has 132 valence electrons. The maximum atomic E-state index is 12.1. The van der Waals surface area contributed by atoms with Gasteiger partial charge in [-0.15, -0.1) is 0 Å². The van der Waals surface area contributed by atoms with Crippen molar-refractivity contribution in [3.63, 3.8) is 0 Å². The lowest BCUT2D eigenvalue weighted by Crippen LogP contribution is -2.42. The van der Waals surface area contributed by atoms with Crippen LogP contribution in [0.15, 0.2) is 0 Å². The number of ether oxygens (including phenoxy) is 3. The minimum absolute atomic E-state index is 0.105. The molecule has 1 aliphatic heterocycles. The Kier molecular flexibility index (Phi) is 5.03. The zero-order valence-corrected chi connectivity index (χ0v) is 14.9. The van der Waals surface area contributed by atoms with Crippen LogP contribution in [0.4, 0.5) is 0 Å². The Labute approximate surface area is 140 Å². The van der Waals surface area contributed by atoms with Gasteiger partial charge in [0.15, 0.2) is 5.79 Å². The normalized spacial score (nSPS) is 37.6. The highest BCUT2D eigenvalue weighted by Gasteiger charge is 2.48. The van der Waals surface area contributed by atoms with E-state index < -0.39 is 11.2 Å². The van der Waals surface area contributed by atoms with Crippen LogP contribution in [-0.4, -0.2) is 31.1 Å². The summed E-state index contributed by atoms with van der Waals surface area (Å²) < 4.78 is 17.8. The monoisotopic (exact) mass is 324 g/mol. The molecule has 0 amide bonds. The zero-order chi connectivity index (χ0) is 16.5. The van der Waals surface area contributed by atoms with Crippen molar-refractivity contribution >= 4 is 5.97 Å². The van der Waals surface area contributed by atoms with E-state index in [-0.39, 0.29) is 12.1 Å². The van der Waals surface area contributed by atoms with Gasteiger partial charge in [0, 0.05) is 12.8 Å². The lowest BCUT2D eigenvalue weighted by molar-refractivity contribution is -0.211. The smallest absolute Gasteiger partial charge is 0.311 e. The highest BCUT2D eigenvalue weighted by Crippen LogP contribution is 2.48. The Morgan fingerprint density at radius 2 is 1.96 bits per heavy atom. The number of esters is 1. The molecule has 23 heavy (non-hydrogen) atoms. The molecule has 0 aromatic heterocycles. The van der Waals surface area contributed by atoms with E-state index >= 15 is 0 Å². The third-order valence-corrected chi connectivity index (χ3v) is 6.29. The molecule has 4 heteroatoms. The van der Waals surface area contributed by atoms with E-state index in [1.165, 1.54) is 32.1 Å². The second-order valence-electron chi connectivity index (χ2n) is 8.34. The Morgan fingerprint density at radius 1 is 1.22 bits per heavy atom. The van der Waals surface area contributed by atoms with Crippen LogP contribution in [0.1, 0.15) is 72.1 Å². The Bertz CT molecular complexity index is 433. The summed E-state index contributed by atoms with van der Waals surface area (Å²) in [7, 11) is 0. The van der Waals surface area contributed by atoms with Gasteiger partial charge >= 0.3 is 5.97 Å². The van der Waals surface area contributed by atoms with Gasteiger partial charge in [0.25, 0.3) is 0 Å². The SMILES string of the molecule is CCC(C)(C)C(=O)OCC1COC2(CCC3CCCCC3C2)O1. The van der Waals surface area contributed by atoms with Gasteiger partial charge in [0.05, 0.1) is 12.0 Å². The Hall–Kier alpha value is -0.610.